The second kappa shape index (κ2) is 11.0. The molecule has 0 spiro atoms. The monoisotopic (exact) mass is 489 g/mol. The van der Waals surface area contributed by atoms with Gasteiger partial charge in [0.15, 0.2) is 0 Å². The van der Waals surface area contributed by atoms with Gasteiger partial charge >= 0.3 is 0 Å². The van der Waals surface area contributed by atoms with E-state index >= 15 is 0 Å². The van der Waals surface area contributed by atoms with Gasteiger partial charge in [-0.1, -0.05) is 40.3 Å². The third-order valence-electron chi connectivity index (χ3n) is 3.16. The van der Waals surface area contributed by atoms with Gasteiger partial charge in [0.25, 0.3) is 0 Å². The van der Waals surface area contributed by atoms with Crippen LogP contribution in [0.1, 0.15) is 11.1 Å². The van der Waals surface area contributed by atoms with Gasteiger partial charge in [-0.25, -0.2) is 0 Å². The molecule has 125 valence electrons. The fourth-order valence-electron chi connectivity index (χ4n) is 2.33. The van der Waals surface area contributed by atoms with E-state index in [0.29, 0.717) is 0 Å². The van der Waals surface area contributed by atoms with Crippen molar-refractivity contribution in [3.05, 3.63) is 65.9 Å². The first-order valence-corrected chi connectivity index (χ1v) is 6.98. The Balaban J connectivity index is 0.000000901. The molecule has 0 amide bonds. The number of benzene rings is 2. The van der Waals surface area contributed by atoms with Gasteiger partial charge in [0, 0.05) is 46.2 Å². The SMILES string of the molecule is CO.CO.Cc1cc(C)c2ccc(-c3ccccn3)[c-]c2c1.[Ir]. The summed E-state index contributed by atoms with van der Waals surface area (Å²) in [6.07, 6.45) is 1.81. The first-order valence-electron chi connectivity index (χ1n) is 6.98. The Morgan fingerprint density at radius 2 is 1.61 bits per heavy atom. The standard InChI is InChI=1S/C17H14N.2CH4O.Ir/c1-12-9-13(2)16-7-6-14(11-15(16)10-12)17-5-3-4-8-18-17;2*1-2;/h3-10H,1-2H3;2*2H,1H3;/q-1;;;. The number of fused-ring (bicyclic) bond motifs is 1. The minimum absolute atomic E-state index is 0. The van der Waals surface area contributed by atoms with E-state index < -0.39 is 0 Å². The number of aliphatic hydroxyl groups is 2. The van der Waals surface area contributed by atoms with Gasteiger partial charge in [-0.3, -0.25) is 4.98 Å². The third kappa shape index (κ3) is 5.52. The van der Waals surface area contributed by atoms with Crippen LogP contribution in [0.3, 0.4) is 0 Å². The van der Waals surface area contributed by atoms with E-state index in [4.69, 9.17) is 10.2 Å². The first kappa shape index (κ1) is 21.4. The van der Waals surface area contributed by atoms with Crippen molar-refractivity contribution in [3.63, 3.8) is 0 Å². The van der Waals surface area contributed by atoms with Gasteiger partial charge in [0.2, 0.25) is 0 Å². The predicted molar refractivity (Wildman–Crippen MR) is 91.8 cm³/mol. The second-order valence-corrected chi connectivity index (χ2v) is 4.63. The fourth-order valence-corrected chi connectivity index (χ4v) is 2.33. The number of aromatic nitrogens is 1. The van der Waals surface area contributed by atoms with Crippen LogP contribution in [0.25, 0.3) is 22.0 Å². The summed E-state index contributed by atoms with van der Waals surface area (Å²) in [6.45, 7) is 4.26. The predicted octanol–water partition coefficient (Wildman–Crippen LogP) is 3.53. The molecule has 23 heavy (non-hydrogen) atoms. The average Bonchev–Trinajstić information content (AvgIpc) is 2.58. The summed E-state index contributed by atoms with van der Waals surface area (Å²) in [5.74, 6) is 0. The molecule has 2 aromatic carbocycles. The number of pyridine rings is 1. The molecule has 2 N–H and O–H groups in total. The minimum atomic E-state index is 0. The molecule has 3 nitrogen and oxygen atoms in total. The molecule has 0 unspecified atom stereocenters. The molecule has 3 rings (SSSR count). The van der Waals surface area contributed by atoms with Crippen molar-refractivity contribution in [1.29, 1.82) is 0 Å². The van der Waals surface area contributed by atoms with E-state index in [-0.39, 0.29) is 20.1 Å². The molecule has 0 fully saturated rings. The summed E-state index contributed by atoms with van der Waals surface area (Å²) in [7, 11) is 2.00. The van der Waals surface area contributed by atoms with Gasteiger partial charge in [-0.2, -0.15) is 0 Å². The van der Waals surface area contributed by atoms with E-state index in [9.17, 15) is 0 Å². The van der Waals surface area contributed by atoms with Crippen molar-refractivity contribution in [3.8, 4) is 11.3 Å². The number of aliphatic hydroxyl groups excluding tert-OH is 2. The van der Waals surface area contributed by atoms with Crippen molar-refractivity contribution in [2.45, 2.75) is 13.8 Å². The zero-order valence-electron chi connectivity index (χ0n) is 13.8. The molecule has 3 aromatic rings. The van der Waals surface area contributed by atoms with Gasteiger partial charge in [0.05, 0.1) is 0 Å². The summed E-state index contributed by atoms with van der Waals surface area (Å²) in [5, 5.41) is 16.4. The summed E-state index contributed by atoms with van der Waals surface area (Å²) < 4.78 is 0. The topological polar surface area (TPSA) is 53.4 Å². The quantitative estimate of drug-likeness (QED) is 0.516. The van der Waals surface area contributed by atoms with Crippen LogP contribution in [-0.2, 0) is 20.1 Å². The molecular weight excluding hydrogens is 466 g/mol. The van der Waals surface area contributed by atoms with Crippen molar-refractivity contribution in [2.75, 3.05) is 14.2 Å². The van der Waals surface area contributed by atoms with Crippen molar-refractivity contribution >= 4 is 10.8 Å². The number of aryl methyl sites for hydroxylation is 2. The molecule has 0 saturated carbocycles. The van der Waals surface area contributed by atoms with E-state index in [2.05, 4.69) is 49.2 Å². The van der Waals surface area contributed by atoms with Crippen LogP contribution in [0, 0.1) is 19.9 Å². The molecule has 0 aliphatic rings. The number of nitrogens with zero attached hydrogens (tertiary/aromatic N) is 1. The van der Waals surface area contributed by atoms with E-state index in [1.165, 1.54) is 16.5 Å². The zero-order chi connectivity index (χ0) is 16.5. The minimum Gasteiger partial charge on any atom is -0.400 e. The summed E-state index contributed by atoms with van der Waals surface area (Å²) in [5.41, 5.74) is 4.59. The maximum atomic E-state index is 7.00. The Morgan fingerprint density at radius 3 is 2.22 bits per heavy atom. The number of hydrogen-bond acceptors (Lipinski definition) is 3. The van der Waals surface area contributed by atoms with Crippen LogP contribution >= 0.6 is 0 Å². The molecule has 1 aromatic heterocycles. The van der Waals surface area contributed by atoms with Crippen LogP contribution in [0.2, 0.25) is 0 Å². The molecule has 1 heterocycles. The number of rotatable bonds is 1. The van der Waals surface area contributed by atoms with E-state index in [1.807, 2.05) is 24.4 Å². The molecule has 4 heteroatoms. The van der Waals surface area contributed by atoms with Gasteiger partial charge < -0.3 is 10.2 Å². The zero-order valence-corrected chi connectivity index (χ0v) is 16.2. The first-order chi connectivity index (χ1) is 10.7. The van der Waals surface area contributed by atoms with Crippen molar-refractivity contribution in [1.82, 2.24) is 4.98 Å². The molecule has 0 atom stereocenters. The molecule has 0 aliphatic heterocycles. The molecule has 1 radical (unpaired) electrons. The van der Waals surface area contributed by atoms with Crippen LogP contribution in [-0.4, -0.2) is 29.4 Å². The summed E-state index contributed by atoms with van der Waals surface area (Å²) in [6, 6.07) is 18.0. The summed E-state index contributed by atoms with van der Waals surface area (Å²) in [4.78, 5) is 4.37. The largest absolute Gasteiger partial charge is 0.400 e. The Bertz CT molecular complexity index is 715. The fraction of sp³-hybridized carbons (Fsp3) is 0.211. The smallest absolute Gasteiger partial charge is 0.0319 e. The Labute approximate surface area is 151 Å². The van der Waals surface area contributed by atoms with Gasteiger partial charge in [0.1, 0.15) is 0 Å². The molecular formula is C19H22IrNO2-. The third-order valence-corrected chi connectivity index (χ3v) is 3.16. The van der Waals surface area contributed by atoms with Gasteiger partial charge in [-0.15, -0.1) is 29.7 Å². The second-order valence-electron chi connectivity index (χ2n) is 4.63. The Morgan fingerprint density at radius 1 is 0.913 bits per heavy atom. The van der Waals surface area contributed by atoms with Crippen LogP contribution in [0.4, 0.5) is 0 Å². The Kier molecular flexibility index (Phi) is 10.3. The van der Waals surface area contributed by atoms with Crippen LogP contribution < -0.4 is 0 Å². The van der Waals surface area contributed by atoms with Crippen LogP contribution in [0.15, 0.2) is 48.7 Å². The maximum absolute atomic E-state index is 7.00. The maximum Gasteiger partial charge on any atom is 0.0319 e. The van der Waals surface area contributed by atoms with Crippen molar-refractivity contribution < 1.29 is 30.3 Å². The normalized spacial score (nSPS) is 8.96. The van der Waals surface area contributed by atoms with E-state index in [1.54, 1.807) is 0 Å². The van der Waals surface area contributed by atoms with Crippen LogP contribution in [0.5, 0.6) is 0 Å². The molecule has 0 aliphatic carbocycles. The van der Waals surface area contributed by atoms with E-state index in [0.717, 1.165) is 30.9 Å². The number of hydrogen-bond donors (Lipinski definition) is 2. The average molecular weight is 489 g/mol. The Hall–Kier alpha value is -1.58. The van der Waals surface area contributed by atoms with Gasteiger partial charge in [-0.05, 0) is 19.9 Å². The van der Waals surface area contributed by atoms with Crippen molar-refractivity contribution in [2.24, 2.45) is 0 Å². The molecule has 0 bridgehead atoms. The summed E-state index contributed by atoms with van der Waals surface area (Å²) >= 11 is 0. The molecule has 0 saturated heterocycles.